The molecule has 0 bridgehead atoms. The summed E-state index contributed by atoms with van der Waals surface area (Å²) in [6.45, 7) is 10.8. The molecule has 0 aliphatic carbocycles. The van der Waals surface area contributed by atoms with Gasteiger partial charge in [-0.2, -0.15) is 11.8 Å². The van der Waals surface area contributed by atoms with Gasteiger partial charge >= 0.3 is 0 Å². The lowest BCUT2D eigenvalue weighted by Gasteiger charge is -2.14. The van der Waals surface area contributed by atoms with E-state index < -0.39 is 0 Å². The number of hydrogen-bond acceptors (Lipinski definition) is 5. The van der Waals surface area contributed by atoms with Crippen molar-refractivity contribution in [3.8, 4) is 0 Å². The van der Waals surface area contributed by atoms with Crippen LogP contribution >= 0.6 is 23.1 Å². The molecule has 0 saturated carbocycles. The molecule has 0 radical (unpaired) electrons. The van der Waals surface area contributed by atoms with E-state index in [1.807, 2.05) is 23.1 Å². The summed E-state index contributed by atoms with van der Waals surface area (Å²) in [6.07, 6.45) is 2.15. The lowest BCUT2D eigenvalue weighted by molar-refractivity contribution is 0.588. The van der Waals surface area contributed by atoms with E-state index in [2.05, 4.69) is 51.2 Å². The second kappa shape index (κ2) is 8.12. The number of rotatable bonds is 8. The molecule has 110 valence electrons. The average molecular weight is 302 g/mol. The van der Waals surface area contributed by atoms with E-state index in [0.717, 1.165) is 24.0 Å². The molecule has 3 nitrogen and oxygen atoms in total. The van der Waals surface area contributed by atoms with E-state index in [-0.39, 0.29) is 0 Å². The Morgan fingerprint density at radius 1 is 1.32 bits per heavy atom. The largest absolute Gasteiger partial charge is 0.350 e. The van der Waals surface area contributed by atoms with Crippen LogP contribution in [-0.4, -0.2) is 36.6 Å². The molecular formula is C14H27N3S2. The summed E-state index contributed by atoms with van der Waals surface area (Å²) in [7, 11) is 2.14. The van der Waals surface area contributed by atoms with E-state index >= 15 is 0 Å². The van der Waals surface area contributed by atoms with Crippen LogP contribution in [0.25, 0.3) is 0 Å². The number of nitrogens with one attached hydrogen (secondary N) is 1. The highest BCUT2D eigenvalue weighted by atomic mass is 32.2. The van der Waals surface area contributed by atoms with Gasteiger partial charge in [0, 0.05) is 36.8 Å². The highest BCUT2D eigenvalue weighted by molar-refractivity contribution is 7.98. The second-order valence-corrected chi connectivity index (χ2v) is 7.46. The highest BCUT2D eigenvalue weighted by Crippen LogP contribution is 2.30. The monoisotopic (exact) mass is 301 g/mol. The second-order valence-electron chi connectivity index (χ2n) is 5.41. The predicted octanol–water partition coefficient (Wildman–Crippen LogP) is 3.56. The first-order valence-electron chi connectivity index (χ1n) is 6.88. The van der Waals surface area contributed by atoms with Gasteiger partial charge in [0.05, 0.1) is 5.69 Å². The molecule has 0 fully saturated rings. The van der Waals surface area contributed by atoms with Gasteiger partial charge in [0.1, 0.15) is 0 Å². The highest BCUT2D eigenvalue weighted by Gasteiger charge is 2.16. The van der Waals surface area contributed by atoms with Crippen LogP contribution in [0.1, 0.15) is 44.2 Å². The minimum Gasteiger partial charge on any atom is -0.350 e. The summed E-state index contributed by atoms with van der Waals surface area (Å²) in [4.78, 5) is 8.49. The third kappa shape index (κ3) is 5.32. The van der Waals surface area contributed by atoms with E-state index in [1.54, 1.807) is 0 Å². The first-order chi connectivity index (χ1) is 8.95. The molecule has 19 heavy (non-hydrogen) atoms. The Labute approximate surface area is 126 Å². The van der Waals surface area contributed by atoms with Gasteiger partial charge in [-0.15, -0.1) is 11.3 Å². The maximum absolute atomic E-state index is 4.84. The number of aromatic nitrogens is 1. The third-order valence-corrected chi connectivity index (χ3v) is 4.67. The van der Waals surface area contributed by atoms with Crippen molar-refractivity contribution in [2.24, 2.45) is 0 Å². The lowest BCUT2D eigenvalue weighted by Crippen LogP contribution is -2.22. The molecule has 1 aromatic rings. The molecular weight excluding hydrogens is 274 g/mol. The molecule has 0 unspecified atom stereocenters. The normalized spacial score (nSPS) is 11.6. The Hall–Kier alpha value is -0.260. The fraction of sp³-hybridized carbons (Fsp3) is 0.786. The van der Waals surface area contributed by atoms with Crippen LogP contribution in [-0.2, 0) is 6.54 Å². The van der Waals surface area contributed by atoms with E-state index in [1.165, 1.54) is 10.6 Å². The molecule has 5 heteroatoms. The van der Waals surface area contributed by atoms with Gasteiger partial charge < -0.3 is 10.2 Å². The van der Waals surface area contributed by atoms with Gasteiger partial charge in [-0.25, -0.2) is 4.98 Å². The SMILES string of the molecule is CSCCN(C)c1nc(C(C)C)c(CNC(C)C)s1. The zero-order chi connectivity index (χ0) is 14.4. The Balaban J connectivity index is 2.81. The van der Waals surface area contributed by atoms with Crippen molar-refractivity contribution in [3.05, 3.63) is 10.6 Å². The van der Waals surface area contributed by atoms with Crippen LogP contribution in [0, 0.1) is 0 Å². The standard InChI is InChI=1S/C14H27N3S2/c1-10(2)13-12(9-15-11(3)4)19-14(16-13)17(5)7-8-18-6/h10-11,15H,7-9H2,1-6H3. The zero-order valence-corrected chi connectivity index (χ0v) is 14.6. The molecule has 0 aromatic carbocycles. The molecule has 0 saturated heterocycles. The van der Waals surface area contributed by atoms with Crippen molar-refractivity contribution >= 4 is 28.2 Å². The minimum absolute atomic E-state index is 0.489. The third-order valence-electron chi connectivity index (χ3n) is 2.89. The van der Waals surface area contributed by atoms with E-state index in [0.29, 0.717) is 12.0 Å². The first kappa shape index (κ1) is 16.8. The fourth-order valence-electron chi connectivity index (χ4n) is 1.71. The molecule has 1 N–H and O–H groups in total. The van der Waals surface area contributed by atoms with Crippen molar-refractivity contribution in [2.75, 3.05) is 30.5 Å². The topological polar surface area (TPSA) is 28.2 Å². The van der Waals surface area contributed by atoms with Crippen LogP contribution in [0.2, 0.25) is 0 Å². The summed E-state index contributed by atoms with van der Waals surface area (Å²) in [6, 6.07) is 0.514. The number of hydrogen-bond donors (Lipinski definition) is 1. The summed E-state index contributed by atoms with van der Waals surface area (Å²) in [5, 5.41) is 4.65. The van der Waals surface area contributed by atoms with Gasteiger partial charge in [-0.05, 0) is 12.2 Å². The van der Waals surface area contributed by atoms with Gasteiger partial charge in [0.2, 0.25) is 0 Å². The van der Waals surface area contributed by atoms with Crippen molar-refractivity contribution in [3.63, 3.8) is 0 Å². The van der Waals surface area contributed by atoms with Crippen molar-refractivity contribution < 1.29 is 0 Å². The predicted molar refractivity (Wildman–Crippen MR) is 89.8 cm³/mol. The van der Waals surface area contributed by atoms with Crippen molar-refractivity contribution in [2.45, 2.75) is 46.2 Å². The number of nitrogens with zero attached hydrogens (tertiary/aromatic N) is 2. The van der Waals surface area contributed by atoms with E-state index in [4.69, 9.17) is 4.98 Å². The Kier molecular flexibility index (Phi) is 7.18. The maximum Gasteiger partial charge on any atom is 0.185 e. The molecule has 0 aliphatic rings. The van der Waals surface area contributed by atoms with E-state index in [9.17, 15) is 0 Å². The summed E-state index contributed by atoms with van der Waals surface area (Å²) in [5.74, 6) is 1.63. The van der Waals surface area contributed by atoms with Crippen LogP contribution < -0.4 is 10.2 Å². The molecule has 0 atom stereocenters. The van der Waals surface area contributed by atoms with Gasteiger partial charge in [0.25, 0.3) is 0 Å². The Morgan fingerprint density at radius 3 is 2.53 bits per heavy atom. The lowest BCUT2D eigenvalue weighted by atomic mass is 10.1. The first-order valence-corrected chi connectivity index (χ1v) is 9.09. The molecule has 0 amide bonds. The smallest absolute Gasteiger partial charge is 0.185 e. The molecule has 1 aromatic heterocycles. The quantitative estimate of drug-likeness (QED) is 0.794. The summed E-state index contributed by atoms with van der Waals surface area (Å²) in [5.41, 5.74) is 1.25. The van der Waals surface area contributed by atoms with Gasteiger partial charge in [-0.1, -0.05) is 27.7 Å². The maximum atomic E-state index is 4.84. The van der Waals surface area contributed by atoms with Crippen molar-refractivity contribution in [1.29, 1.82) is 0 Å². The average Bonchev–Trinajstić information content (AvgIpc) is 2.77. The van der Waals surface area contributed by atoms with Gasteiger partial charge in [-0.3, -0.25) is 0 Å². The zero-order valence-electron chi connectivity index (χ0n) is 13.0. The fourth-order valence-corrected chi connectivity index (χ4v) is 3.32. The van der Waals surface area contributed by atoms with Crippen LogP contribution in [0.4, 0.5) is 5.13 Å². The molecule has 0 aliphatic heterocycles. The number of anilines is 1. The van der Waals surface area contributed by atoms with Crippen LogP contribution in [0.15, 0.2) is 0 Å². The van der Waals surface area contributed by atoms with Gasteiger partial charge in [0.15, 0.2) is 5.13 Å². The van der Waals surface area contributed by atoms with Crippen LogP contribution in [0.5, 0.6) is 0 Å². The molecule has 1 rings (SSSR count). The molecule has 1 heterocycles. The summed E-state index contributed by atoms with van der Waals surface area (Å²) < 4.78 is 0. The minimum atomic E-state index is 0.489. The van der Waals surface area contributed by atoms with Crippen LogP contribution in [0.3, 0.4) is 0 Å². The van der Waals surface area contributed by atoms with Crippen molar-refractivity contribution in [1.82, 2.24) is 10.3 Å². The summed E-state index contributed by atoms with van der Waals surface area (Å²) >= 11 is 3.71. The number of thioether (sulfide) groups is 1. The Bertz CT molecular complexity index is 375. The Morgan fingerprint density at radius 2 is 2.00 bits per heavy atom. The number of thiazole rings is 1. The molecule has 0 spiro atoms.